The summed E-state index contributed by atoms with van der Waals surface area (Å²) >= 11 is 11.5. The van der Waals surface area contributed by atoms with Crippen LogP contribution in [-0.4, -0.2) is 9.97 Å². The Labute approximate surface area is 79.5 Å². The molecule has 2 rings (SSSR count). The molecule has 0 atom stereocenters. The van der Waals surface area contributed by atoms with Gasteiger partial charge in [0, 0.05) is 23.7 Å². The van der Waals surface area contributed by atoms with Gasteiger partial charge in [0.2, 0.25) is 0 Å². The maximum atomic E-state index is 5.79. The van der Waals surface area contributed by atoms with Crippen LogP contribution in [-0.2, 0) is 5.88 Å². The van der Waals surface area contributed by atoms with Crippen LogP contribution < -0.4 is 0 Å². The monoisotopic (exact) mass is 200 g/mol. The maximum Gasteiger partial charge on any atom is 0.137 e. The largest absolute Gasteiger partial charge is 0.346 e. The molecule has 0 radical (unpaired) electrons. The van der Waals surface area contributed by atoms with Crippen LogP contribution in [0.3, 0.4) is 0 Å². The molecule has 0 spiro atoms. The zero-order valence-electron chi connectivity index (χ0n) is 6.14. The quantitative estimate of drug-likeness (QED) is 0.706. The minimum atomic E-state index is 0.474. The van der Waals surface area contributed by atoms with Crippen LogP contribution in [0.5, 0.6) is 0 Å². The fraction of sp³-hybridized carbons (Fsp3) is 0.125. The number of aromatic amines is 1. The molecule has 1 N–H and O–H groups in total. The maximum absolute atomic E-state index is 5.79. The van der Waals surface area contributed by atoms with Crippen molar-refractivity contribution < 1.29 is 0 Å². The van der Waals surface area contributed by atoms with Crippen molar-refractivity contribution in [2.75, 3.05) is 0 Å². The summed E-state index contributed by atoms with van der Waals surface area (Å²) in [5, 5.41) is 1.63. The molecule has 0 amide bonds. The number of halogens is 2. The van der Waals surface area contributed by atoms with E-state index in [-0.39, 0.29) is 0 Å². The lowest BCUT2D eigenvalue weighted by molar-refractivity contribution is 1.32. The number of hydrogen-bond donors (Lipinski definition) is 1. The van der Waals surface area contributed by atoms with Crippen molar-refractivity contribution in [3.8, 4) is 0 Å². The summed E-state index contributed by atoms with van der Waals surface area (Å²) < 4.78 is 0. The molecule has 2 heterocycles. The number of alkyl halides is 1. The molecule has 12 heavy (non-hydrogen) atoms. The first kappa shape index (κ1) is 7.90. The van der Waals surface area contributed by atoms with Crippen LogP contribution >= 0.6 is 23.2 Å². The molecule has 0 fully saturated rings. The van der Waals surface area contributed by atoms with Crippen LogP contribution in [0, 0.1) is 0 Å². The summed E-state index contributed by atoms with van der Waals surface area (Å²) in [5.41, 5.74) is 1.86. The van der Waals surface area contributed by atoms with E-state index in [2.05, 4.69) is 9.97 Å². The van der Waals surface area contributed by atoms with Gasteiger partial charge in [0.1, 0.15) is 5.65 Å². The molecule has 4 heteroatoms. The van der Waals surface area contributed by atoms with Crippen molar-refractivity contribution in [3.63, 3.8) is 0 Å². The summed E-state index contributed by atoms with van der Waals surface area (Å²) in [6.07, 6.45) is 3.46. The Hall–Kier alpha value is -0.730. The number of aromatic nitrogens is 2. The second kappa shape index (κ2) is 2.96. The van der Waals surface area contributed by atoms with Crippen molar-refractivity contribution in [1.82, 2.24) is 9.97 Å². The summed E-state index contributed by atoms with van der Waals surface area (Å²) in [7, 11) is 0. The van der Waals surface area contributed by atoms with Crippen molar-refractivity contribution in [2.24, 2.45) is 0 Å². The highest BCUT2D eigenvalue weighted by atomic mass is 35.5. The smallest absolute Gasteiger partial charge is 0.137 e. The molecular formula is C8H6Cl2N2. The van der Waals surface area contributed by atoms with E-state index in [1.54, 1.807) is 6.20 Å². The van der Waals surface area contributed by atoms with Gasteiger partial charge >= 0.3 is 0 Å². The first-order valence-corrected chi connectivity index (χ1v) is 4.40. The van der Waals surface area contributed by atoms with Gasteiger partial charge in [0.25, 0.3) is 0 Å². The van der Waals surface area contributed by atoms with Crippen LogP contribution in [0.15, 0.2) is 18.5 Å². The highest BCUT2D eigenvalue weighted by Gasteiger charge is 2.03. The van der Waals surface area contributed by atoms with Gasteiger partial charge in [-0.15, -0.1) is 11.6 Å². The van der Waals surface area contributed by atoms with Gasteiger partial charge in [-0.2, -0.15) is 0 Å². The molecule has 0 bridgehead atoms. The second-order valence-electron chi connectivity index (χ2n) is 2.50. The number of nitrogens with zero attached hydrogens (tertiary/aromatic N) is 1. The fourth-order valence-electron chi connectivity index (χ4n) is 1.14. The lowest BCUT2D eigenvalue weighted by Gasteiger charge is -1.92. The second-order valence-corrected chi connectivity index (χ2v) is 3.20. The fourth-order valence-corrected chi connectivity index (χ4v) is 1.52. The lowest BCUT2D eigenvalue weighted by atomic mass is 10.2. The van der Waals surface area contributed by atoms with Crippen LogP contribution in [0.1, 0.15) is 5.56 Å². The molecule has 2 aromatic heterocycles. The summed E-state index contributed by atoms with van der Waals surface area (Å²) in [6.45, 7) is 0. The highest BCUT2D eigenvalue weighted by molar-refractivity contribution is 6.31. The average molecular weight is 201 g/mol. The van der Waals surface area contributed by atoms with Crippen LogP contribution in [0.2, 0.25) is 5.02 Å². The highest BCUT2D eigenvalue weighted by Crippen LogP contribution is 2.21. The minimum Gasteiger partial charge on any atom is -0.346 e. The molecule has 0 aliphatic heterocycles. The third kappa shape index (κ3) is 1.17. The number of H-pyrrole nitrogens is 1. The van der Waals surface area contributed by atoms with Crippen molar-refractivity contribution in [1.29, 1.82) is 0 Å². The van der Waals surface area contributed by atoms with Crippen molar-refractivity contribution in [3.05, 3.63) is 29.0 Å². The Bertz CT molecular complexity index is 408. The zero-order chi connectivity index (χ0) is 8.55. The lowest BCUT2D eigenvalue weighted by Crippen LogP contribution is -1.76. The van der Waals surface area contributed by atoms with Gasteiger partial charge in [-0.1, -0.05) is 11.6 Å². The molecule has 0 aliphatic carbocycles. The van der Waals surface area contributed by atoms with Crippen LogP contribution in [0.4, 0.5) is 0 Å². The number of nitrogens with one attached hydrogen (secondary N) is 1. The van der Waals surface area contributed by atoms with Gasteiger partial charge in [0.05, 0.1) is 5.02 Å². The first-order valence-electron chi connectivity index (χ1n) is 3.48. The van der Waals surface area contributed by atoms with Gasteiger partial charge in [-0.05, 0) is 11.6 Å². The third-order valence-electron chi connectivity index (χ3n) is 1.73. The SMILES string of the molecule is ClCc1c[nH]c2ncc(Cl)cc12. The number of rotatable bonds is 1. The zero-order valence-corrected chi connectivity index (χ0v) is 7.65. The summed E-state index contributed by atoms with van der Waals surface area (Å²) in [4.78, 5) is 7.12. The number of pyridine rings is 1. The predicted octanol–water partition coefficient (Wildman–Crippen LogP) is 2.96. The summed E-state index contributed by atoms with van der Waals surface area (Å²) in [5.74, 6) is 0.474. The van der Waals surface area contributed by atoms with Gasteiger partial charge < -0.3 is 4.98 Å². The molecule has 0 saturated heterocycles. The van der Waals surface area contributed by atoms with E-state index >= 15 is 0 Å². The molecule has 0 aliphatic rings. The Morgan fingerprint density at radius 3 is 3.08 bits per heavy atom. The Morgan fingerprint density at radius 2 is 2.33 bits per heavy atom. The minimum absolute atomic E-state index is 0.474. The average Bonchev–Trinajstić information content (AvgIpc) is 2.46. The Kier molecular flexibility index (Phi) is 1.95. The molecule has 0 aromatic carbocycles. The topological polar surface area (TPSA) is 28.7 Å². The molecule has 2 aromatic rings. The molecule has 2 nitrogen and oxygen atoms in total. The van der Waals surface area contributed by atoms with E-state index in [4.69, 9.17) is 23.2 Å². The summed E-state index contributed by atoms with van der Waals surface area (Å²) in [6, 6.07) is 1.86. The number of hydrogen-bond acceptors (Lipinski definition) is 1. The standard InChI is InChI=1S/C8H6Cl2N2/c9-2-5-3-11-8-7(5)1-6(10)4-12-8/h1,3-4H,2H2,(H,11,12). The van der Waals surface area contributed by atoms with E-state index in [0.717, 1.165) is 16.6 Å². The molecular weight excluding hydrogens is 195 g/mol. The number of fused-ring (bicyclic) bond motifs is 1. The van der Waals surface area contributed by atoms with Gasteiger partial charge in [0.15, 0.2) is 0 Å². The van der Waals surface area contributed by atoms with E-state index in [9.17, 15) is 0 Å². The van der Waals surface area contributed by atoms with E-state index < -0.39 is 0 Å². The van der Waals surface area contributed by atoms with E-state index in [1.165, 1.54) is 0 Å². The van der Waals surface area contributed by atoms with Crippen molar-refractivity contribution >= 4 is 34.2 Å². The molecule has 0 unspecified atom stereocenters. The first-order chi connectivity index (χ1) is 5.81. The van der Waals surface area contributed by atoms with Crippen LogP contribution in [0.25, 0.3) is 11.0 Å². The third-order valence-corrected chi connectivity index (χ3v) is 2.22. The van der Waals surface area contributed by atoms with E-state index in [0.29, 0.717) is 10.9 Å². The Balaban J connectivity index is 2.75. The van der Waals surface area contributed by atoms with Gasteiger partial charge in [-0.25, -0.2) is 4.98 Å². The molecule has 0 saturated carbocycles. The van der Waals surface area contributed by atoms with Crippen molar-refractivity contribution in [2.45, 2.75) is 5.88 Å². The normalized spacial score (nSPS) is 10.8. The van der Waals surface area contributed by atoms with E-state index in [1.807, 2.05) is 12.3 Å². The Morgan fingerprint density at radius 1 is 1.50 bits per heavy atom. The van der Waals surface area contributed by atoms with Gasteiger partial charge in [-0.3, -0.25) is 0 Å². The molecule has 62 valence electrons. The predicted molar refractivity (Wildman–Crippen MR) is 50.7 cm³/mol.